The van der Waals surface area contributed by atoms with E-state index in [1.54, 1.807) is 6.07 Å². The lowest BCUT2D eigenvalue weighted by molar-refractivity contribution is -0.0647. The van der Waals surface area contributed by atoms with E-state index >= 15 is 0 Å². The molecule has 0 bridgehead atoms. The fourth-order valence-corrected chi connectivity index (χ4v) is 4.15. The summed E-state index contributed by atoms with van der Waals surface area (Å²) in [4.78, 5) is 2.56. The molecule has 1 saturated carbocycles. The number of rotatable bonds is 5. The topological polar surface area (TPSA) is 21.7 Å². The van der Waals surface area contributed by atoms with Crippen molar-refractivity contribution >= 4 is 23.2 Å². The van der Waals surface area contributed by atoms with Gasteiger partial charge in [0.15, 0.2) is 0 Å². The van der Waals surface area contributed by atoms with Gasteiger partial charge in [0, 0.05) is 29.2 Å². The van der Waals surface area contributed by atoms with E-state index in [0.717, 1.165) is 49.7 Å². The largest absolute Gasteiger partial charge is 0.379 e. The summed E-state index contributed by atoms with van der Waals surface area (Å²) in [5, 5.41) is 1.41. The number of halogens is 2. The second kappa shape index (κ2) is 8.68. The monoisotopic (exact) mass is 357 g/mol. The Bertz CT molecular complexity index is 506. The normalized spacial score (nSPS) is 26.3. The van der Waals surface area contributed by atoms with Gasteiger partial charge in [-0.25, -0.2) is 0 Å². The molecule has 1 aromatic rings. The van der Waals surface area contributed by atoms with Crippen LogP contribution in [-0.4, -0.2) is 50.0 Å². The minimum atomic E-state index is 0.341. The predicted molar refractivity (Wildman–Crippen MR) is 94.6 cm³/mol. The summed E-state index contributed by atoms with van der Waals surface area (Å²) in [5.74, 6) is 0. The zero-order chi connectivity index (χ0) is 16.1. The van der Waals surface area contributed by atoms with Gasteiger partial charge in [0.1, 0.15) is 0 Å². The average molecular weight is 358 g/mol. The van der Waals surface area contributed by atoms with Crippen LogP contribution in [0.4, 0.5) is 0 Å². The summed E-state index contributed by atoms with van der Waals surface area (Å²) >= 11 is 12.2. The van der Waals surface area contributed by atoms with Gasteiger partial charge in [0.05, 0.1) is 25.9 Å². The van der Waals surface area contributed by atoms with Gasteiger partial charge in [-0.1, -0.05) is 42.1 Å². The number of morpholine rings is 1. The molecule has 0 spiro atoms. The summed E-state index contributed by atoms with van der Waals surface area (Å²) in [6, 6.07) is 6.23. The second-order valence-electron chi connectivity index (χ2n) is 6.40. The summed E-state index contributed by atoms with van der Waals surface area (Å²) in [5.41, 5.74) is 1.11. The van der Waals surface area contributed by atoms with E-state index < -0.39 is 0 Å². The molecule has 3 nitrogen and oxygen atoms in total. The third-order valence-electron chi connectivity index (χ3n) is 4.90. The predicted octanol–water partition coefficient (Wildman–Crippen LogP) is 4.20. The molecule has 128 valence electrons. The fraction of sp³-hybridized carbons (Fsp3) is 0.667. The van der Waals surface area contributed by atoms with Gasteiger partial charge in [0.2, 0.25) is 0 Å². The first-order valence-corrected chi connectivity index (χ1v) is 9.37. The molecule has 0 radical (unpaired) electrons. The zero-order valence-corrected chi connectivity index (χ0v) is 15.0. The maximum Gasteiger partial charge on any atom is 0.0730 e. The molecule has 1 aromatic carbocycles. The molecule has 1 saturated heterocycles. The highest BCUT2D eigenvalue weighted by molar-refractivity contribution is 6.35. The van der Waals surface area contributed by atoms with Crippen LogP contribution in [0.15, 0.2) is 18.2 Å². The Hall–Kier alpha value is -0.320. The molecular weight excluding hydrogens is 333 g/mol. The number of hydrogen-bond donors (Lipinski definition) is 0. The molecule has 0 amide bonds. The zero-order valence-electron chi connectivity index (χ0n) is 13.5. The Morgan fingerprint density at radius 1 is 1.13 bits per heavy atom. The molecule has 0 unspecified atom stereocenters. The lowest BCUT2D eigenvalue weighted by Gasteiger charge is -2.41. The number of ether oxygens (including phenoxy) is 2. The molecular formula is C18H25Cl2NO2. The third kappa shape index (κ3) is 4.83. The molecule has 1 aliphatic heterocycles. The highest BCUT2D eigenvalue weighted by Gasteiger charge is 2.31. The van der Waals surface area contributed by atoms with Crippen LogP contribution in [0, 0.1) is 0 Å². The number of nitrogens with zero attached hydrogens (tertiary/aromatic N) is 1. The maximum atomic E-state index is 6.26. The second-order valence-corrected chi connectivity index (χ2v) is 7.24. The van der Waals surface area contributed by atoms with Gasteiger partial charge in [-0.2, -0.15) is 0 Å². The SMILES string of the molecule is Clc1ccc(CCO[C@@H]2CCCC[C@H]2N2CCOCC2)c(Cl)c1. The number of benzene rings is 1. The van der Waals surface area contributed by atoms with Crippen molar-refractivity contribution < 1.29 is 9.47 Å². The van der Waals surface area contributed by atoms with Crippen LogP contribution in [0.25, 0.3) is 0 Å². The molecule has 2 aliphatic rings. The molecule has 0 N–H and O–H groups in total. The van der Waals surface area contributed by atoms with Crippen molar-refractivity contribution in [2.24, 2.45) is 0 Å². The molecule has 3 rings (SSSR count). The Morgan fingerprint density at radius 3 is 2.70 bits per heavy atom. The molecule has 5 heteroatoms. The standard InChI is InChI=1S/C18H25Cl2NO2/c19-15-6-5-14(16(20)13-15)7-10-23-18-4-2-1-3-17(18)21-8-11-22-12-9-21/h5-6,13,17-18H,1-4,7-12H2/t17-,18-/m1/s1. The molecule has 23 heavy (non-hydrogen) atoms. The van der Waals surface area contributed by atoms with Crippen LogP contribution in [0.5, 0.6) is 0 Å². The highest BCUT2D eigenvalue weighted by Crippen LogP contribution is 2.27. The van der Waals surface area contributed by atoms with Crippen LogP contribution in [-0.2, 0) is 15.9 Å². The summed E-state index contributed by atoms with van der Waals surface area (Å²) < 4.78 is 11.7. The van der Waals surface area contributed by atoms with Gasteiger partial charge in [-0.15, -0.1) is 0 Å². The van der Waals surface area contributed by atoms with E-state index in [4.69, 9.17) is 32.7 Å². The third-order valence-corrected chi connectivity index (χ3v) is 5.49. The first-order chi connectivity index (χ1) is 11.2. The molecule has 2 fully saturated rings. The Balaban J connectivity index is 1.52. The minimum absolute atomic E-state index is 0.341. The highest BCUT2D eigenvalue weighted by atomic mass is 35.5. The van der Waals surface area contributed by atoms with E-state index in [0.29, 0.717) is 23.8 Å². The van der Waals surface area contributed by atoms with Crippen molar-refractivity contribution in [2.75, 3.05) is 32.9 Å². The van der Waals surface area contributed by atoms with Gasteiger partial charge in [0.25, 0.3) is 0 Å². The summed E-state index contributed by atoms with van der Waals surface area (Å²) in [6.45, 7) is 4.49. The first-order valence-electron chi connectivity index (χ1n) is 8.61. The van der Waals surface area contributed by atoms with Crippen LogP contribution < -0.4 is 0 Å². The maximum absolute atomic E-state index is 6.26. The van der Waals surface area contributed by atoms with E-state index in [-0.39, 0.29) is 0 Å². The molecule has 1 aliphatic carbocycles. The van der Waals surface area contributed by atoms with Gasteiger partial charge in [-0.3, -0.25) is 4.90 Å². The summed E-state index contributed by atoms with van der Waals surface area (Å²) in [6.07, 6.45) is 6.16. The van der Waals surface area contributed by atoms with Crippen LogP contribution in [0.2, 0.25) is 10.0 Å². The van der Waals surface area contributed by atoms with Gasteiger partial charge >= 0.3 is 0 Å². The van der Waals surface area contributed by atoms with Gasteiger partial charge < -0.3 is 9.47 Å². The summed E-state index contributed by atoms with van der Waals surface area (Å²) in [7, 11) is 0. The lowest BCUT2D eigenvalue weighted by atomic mass is 9.91. The van der Waals surface area contributed by atoms with E-state index in [1.165, 1.54) is 19.3 Å². The smallest absolute Gasteiger partial charge is 0.0730 e. The number of hydrogen-bond acceptors (Lipinski definition) is 3. The fourth-order valence-electron chi connectivity index (χ4n) is 3.64. The van der Waals surface area contributed by atoms with Crippen molar-refractivity contribution in [3.05, 3.63) is 33.8 Å². The average Bonchev–Trinajstić information content (AvgIpc) is 2.58. The van der Waals surface area contributed by atoms with Crippen molar-refractivity contribution in [3.8, 4) is 0 Å². The van der Waals surface area contributed by atoms with Crippen molar-refractivity contribution in [1.82, 2.24) is 4.90 Å². The van der Waals surface area contributed by atoms with E-state index in [2.05, 4.69) is 4.90 Å². The Kier molecular flexibility index (Phi) is 6.61. The molecule has 0 aromatic heterocycles. The molecule has 1 heterocycles. The van der Waals surface area contributed by atoms with E-state index in [1.807, 2.05) is 12.1 Å². The van der Waals surface area contributed by atoms with Gasteiger partial charge in [-0.05, 0) is 37.0 Å². The Morgan fingerprint density at radius 2 is 1.91 bits per heavy atom. The van der Waals surface area contributed by atoms with E-state index in [9.17, 15) is 0 Å². The lowest BCUT2D eigenvalue weighted by Crippen LogP contribution is -2.51. The first kappa shape index (κ1) is 17.5. The quantitative estimate of drug-likeness (QED) is 0.788. The Labute approximate surface area is 148 Å². The van der Waals surface area contributed by atoms with Crippen molar-refractivity contribution in [1.29, 1.82) is 0 Å². The van der Waals surface area contributed by atoms with Crippen molar-refractivity contribution in [2.45, 2.75) is 44.2 Å². The van der Waals surface area contributed by atoms with Crippen LogP contribution >= 0.6 is 23.2 Å². The minimum Gasteiger partial charge on any atom is -0.379 e. The van der Waals surface area contributed by atoms with Crippen molar-refractivity contribution in [3.63, 3.8) is 0 Å². The molecule has 2 atom stereocenters. The van der Waals surface area contributed by atoms with Crippen LogP contribution in [0.3, 0.4) is 0 Å². The van der Waals surface area contributed by atoms with Crippen LogP contribution in [0.1, 0.15) is 31.2 Å².